The lowest BCUT2D eigenvalue weighted by Crippen LogP contribution is -2.85. The van der Waals surface area contributed by atoms with Gasteiger partial charge in [0, 0.05) is 17.3 Å². The molecule has 6 fully saturated rings. The number of rotatable bonds is 0. The zero-order valence-corrected chi connectivity index (χ0v) is 15.3. The second-order valence-corrected chi connectivity index (χ2v) is 9.97. The van der Waals surface area contributed by atoms with Crippen LogP contribution in [0.15, 0.2) is 12.2 Å². The second-order valence-electron chi connectivity index (χ2n) is 9.97. The van der Waals surface area contributed by atoms with Gasteiger partial charge in [0.25, 0.3) is 0 Å². The van der Waals surface area contributed by atoms with Crippen LogP contribution in [0.2, 0.25) is 0 Å². The monoisotopic (exact) mass is 364 g/mol. The number of aliphatic hydroxyl groups is 4. The van der Waals surface area contributed by atoms with Crippen molar-refractivity contribution in [3.63, 3.8) is 0 Å². The molecular weight excluding hydrogens is 336 g/mol. The standard InChI is InChI=1S/C20H28O6/c1-9-10-4-5-11-18-8-26-20(25,19(11,14(9)22)15(10)23)16(24)13(18)17(2,3)7-6-12(18)21/h10-13,15-16,21,23-25H,1,4-8H2,2-3H3/t10?,11-,12-,13+,15?,16-,18+,19?,20-/m0/s1. The SMILES string of the molecule is C=C1C(=O)C23C(O)C1CC[C@H]2[C@@]12CO[C@@]3(O)[C@@H](O)[C@@H]1C(C)(C)CC[C@@H]2O. The third-order valence-electron chi connectivity index (χ3n) is 8.88. The first kappa shape index (κ1) is 17.3. The van der Waals surface area contributed by atoms with Gasteiger partial charge in [-0.3, -0.25) is 4.79 Å². The van der Waals surface area contributed by atoms with Crippen LogP contribution < -0.4 is 0 Å². The maximum atomic E-state index is 13.3. The lowest BCUT2D eigenvalue weighted by atomic mass is 9.35. The Bertz CT molecular complexity index is 717. The summed E-state index contributed by atoms with van der Waals surface area (Å²) in [5.74, 6) is -3.80. The van der Waals surface area contributed by atoms with Crippen molar-refractivity contribution < 1.29 is 30.0 Å². The molecule has 144 valence electrons. The van der Waals surface area contributed by atoms with E-state index in [2.05, 4.69) is 6.58 Å². The van der Waals surface area contributed by atoms with Crippen LogP contribution in [0.25, 0.3) is 0 Å². The van der Waals surface area contributed by atoms with E-state index in [1.165, 1.54) is 0 Å². The number of carbonyl (C=O) groups is 1. The molecule has 4 aliphatic carbocycles. The number of ketones is 1. The number of fused-ring (bicyclic) bond motifs is 2. The van der Waals surface area contributed by atoms with Gasteiger partial charge in [0.1, 0.15) is 11.5 Å². The Morgan fingerprint density at radius 3 is 2.50 bits per heavy atom. The van der Waals surface area contributed by atoms with E-state index < -0.39 is 58.5 Å². The van der Waals surface area contributed by atoms with Gasteiger partial charge in [-0.25, -0.2) is 0 Å². The number of aliphatic hydroxyl groups excluding tert-OH is 3. The molecule has 6 heteroatoms. The smallest absolute Gasteiger partial charge is 0.208 e. The Kier molecular flexibility index (Phi) is 3.07. The Balaban J connectivity index is 1.81. The van der Waals surface area contributed by atoms with Crippen molar-refractivity contribution >= 4 is 5.78 Å². The zero-order valence-electron chi connectivity index (χ0n) is 15.3. The molecule has 26 heavy (non-hydrogen) atoms. The van der Waals surface area contributed by atoms with Crippen molar-refractivity contribution in [1.29, 1.82) is 0 Å². The van der Waals surface area contributed by atoms with Crippen LogP contribution in [0, 0.1) is 34.0 Å². The Hall–Kier alpha value is -0.790. The zero-order chi connectivity index (χ0) is 18.9. The molecule has 4 bridgehead atoms. The van der Waals surface area contributed by atoms with E-state index in [0.29, 0.717) is 24.8 Å². The topological polar surface area (TPSA) is 107 Å². The first-order chi connectivity index (χ1) is 12.1. The minimum Gasteiger partial charge on any atom is -0.392 e. The summed E-state index contributed by atoms with van der Waals surface area (Å²) in [7, 11) is 0. The van der Waals surface area contributed by atoms with Crippen LogP contribution in [-0.2, 0) is 9.53 Å². The largest absolute Gasteiger partial charge is 0.392 e. The molecule has 9 atom stereocenters. The van der Waals surface area contributed by atoms with Crippen molar-refractivity contribution in [3.8, 4) is 0 Å². The van der Waals surface area contributed by atoms with E-state index in [4.69, 9.17) is 4.74 Å². The van der Waals surface area contributed by atoms with E-state index in [9.17, 15) is 25.2 Å². The number of carbonyl (C=O) groups excluding carboxylic acids is 1. The third kappa shape index (κ3) is 1.41. The van der Waals surface area contributed by atoms with E-state index in [1.807, 2.05) is 13.8 Å². The molecular formula is C20H28O6. The highest BCUT2D eigenvalue weighted by Gasteiger charge is 2.86. The average molecular weight is 364 g/mol. The van der Waals surface area contributed by atoms with Gasteiger partial charge >= 0.3 is 0 Å². The molecule has 4 saturated carbocycles. The lowest BCUT2D eigenvalue weighted by Gasteiger charge is -2.74. The maximum Gasteiger partial charge on any atom is 0.208 e. The summed E-state index contributed by atoms with van der Waals surface area (Å²) in [6.07, 6.45) is -0.747. The molecule has 0 radical (unpaired) electrons. The molecule has 0 aromatic heterocycles. The average Bonchev–Trinajstić information content (AvgIpc) is 2.69. The summed E-state index contributed by atoms with van der Waals surface area (Å²) < 4.78 is 5.80. The Labute approximate surface area is 152 Å². The molecule has 2 aliphatic heterocycles. The van der Waals surface area contributed by atoms with Crippen LogP contribution in [-0.4, -0.2) is 56.9 Å². The minimum absolute atomic E-state index is 0.0966. The molecule has 2 spiro atoms. The van der Waals surface area contributed by atoms with E-state index in [0.717, 1.165) is 6.42 Å². The highest BCUT2D eigenvalue weighted by molar-refractivity contribution is 6.05. The normalized spacial score (nSPS) is 59.9. The summed E-state index contributed by atoms with van der Waals surface area (Å²) in [5, 5.41) is 45.1. The maximum absolute atomic E-state index is 13.3. The first-order valence-corrected chi connectivity index (χ1v) is 9.71. The van der Waals surface area contributed by atoms with Crippen LogP contribution in [0.5, 0.6) is 0 Å². The highest BCUT2D eigenvalue weighted by atomic mass is 16.6. The van der Waals surface area contributed by atoms with Gasteiger partial charge in [-0.1, -0.05) is 20.4 Å². The summed E-state index contributed by atoms with van der Waals surface area (Å²) in [5.41, 5.74) is -2.49. The second kappa shape index (κ2) is 4.61. The fraction of sp³-hybridized carbons (Fsp3) is 0.850. The van der Waals surface area contributed by atoms with Gasteiger partial charge in [-0.2, -0.15) is 0 Å². The van der Waals surface area contributed by atoms with Gasteiger partial charge in [0.2, 0.25) is 5.79 Å². The number of hydrogen-bond acceptors (Lipinski definition) is 6. The first-order valence-electron chi connectivity index (χ1n) is 9.71. The van der Waals surface area contributed by atoms with Crippen LogP contribution in [0.3, 0.4) is 0 Å². The van der Waals surface area contributed by atoms with E-state index in [-0.39, 0.29) is 12.0 Å². The van der Waals surface area contributed by atoms with Crippen molar-refractivity contribution in [2.24, 2.45) is 34.0 Å². The Morgan fingerprint density at radius 2 is 1.81 bits per heavy atom. The molecule has 2 heterocycles. The van der Waals surface area contributed by atoms with Crippen molar-refractivity contribution in [3.05, 3.63) is 12.2 Å². The molecule has 6 aliphatic rings. The summed E-state index contributed by atoms with van der Waals surface area (Å²) >= 11 is 0. The Morgan fingerprint density at radius 1 is 1.12 bits per heavy atom. The quantitative estimate of drug-likeness (QED) is 0.463. The summed E-state index contributed by atoms with van der Waals surface area (Å²) in [4.78, 5) is 13.3. The highest BCUT2D eigenvalue weighted by Crippen LogP contribution is 2.76. The molecule has 4 N–H and O–H groups in total. The number of Topliss-reactive ketones (excluding diaryl/α,β-unsaturated/α-hetero) is 1. The van der Waals surface area contributed by atoms with Gasteiger partial charge in [0.05, 0.1) is 18.8 Å². The lowest BCUT2D eigenvalue weighted by molar-refractivity contribution is -0.458. The van der Waals surface area contributed by atoms with Crippen LogP contribution >= 0.6 is 0 Å². The number of hydrogen-bond donors (Lipinski definition) is 4. The fourth-order valence-corrected chi connectivity index (χ4v) is 7.90. The predicted molar refractivity (Wildman–Crippen MR) is 90.7 cm³/mol. The molecule has 0 aromatic rings. The van der Waals surface area contributed by atoms with Crippen LogP contribution in [0.4, 0.5) is 0 Å². The minimum atomic E-state index is -2.15. The fourth-order valence-electron chi connectivity index (χ4n) is 7.90. The van der Waals surface area contributed by atoms with E-state index in [1.54, 1.807) is 0 Å². The third-order valence-corrected chi connectivity index (χ3v) is 8.88. The van der Waals surface area contributed by atoms with Gasteiger partial charge in [-0.15, -0.1) is 0 Å². The molecule has 2 saturated heterocycles. The molecule has 3 unspecified atom stereocenters. The molecule has 6 nitrogen and oxygen atoms in total. The summed E-state index contributed by atoms with van der Waals surface area (Å²) in [6.45, 7) is 8.07. The van der Waals surface area contributed by atoms with Crippen molar-refractivity contribution in [2.45, 2.75) is 63.6 Å². The molecule has 0 amide bonds. The number of ether oxygens (including phenoxy) is 1. The predicted octanol–water partition coefficient (Wildman–Crippen LogP) is 0.376. The van der Waals surface area contributed by atoms with Crippen molar-refractivity contribution in [1.82, 2.24) is 0 Å². The van der Waals surface area contributed by atoms with Crippen molar-refractivity contribution in [2.75, 3.05) is 6.61 Å². The summed E-state index contributed by atoms with van der Waals surface area (Å²) in [6, 6.07) is 0. The van der Waals surface area contributed by atoms with Crippen LogP contribution in [0.1, 0.15) is 39.5 Å². The van der Waals surface area contributed by atoms with Gasteiger partial charge in [0.15, 0.2) is 5.78 Å². The van der Waals surface area contributed by atoms with E-state index >= 15 is 0 Å². The van der Waals surface area contributed by atoms with Gasteiger partial charge < -0.3 is 25.2 Å². The van der Waals surface area contributed by atoms with Gasteiger partial charge in [-0.05, 0) is 42.6 Å². The molecule has 0 aromatic carbocycles. The molecule has 6 rings (SSSR count).